The normalized spacial score (nSPS) is 41.5. The summed E-state index contributed by atoms with van der Waals surface area (Å²) in [6.45, 7) is 0. The molecule has 4 bridgehead atoms. The number of aliphatic carboxylic acids is 2. The highest BCUT2D eigenvalue weighted by Crippen LogP contribution is 2.62. The van der Waals surface area contributed by atoms with E-state index >= 15 is 0 Å². The summed E-state index contributed by atoms with van der Waals surface area (Å²) in [4.78, 5) is 22.3. The van der Waals surface area contributed by atoms with Gasteiger partial charge in [-0.3, -0.25) is 9.59 Å². The van der Waals surface area contributed by atoms with Crippen LogP contribution < -0.4 is 0 Å². The zero-order valence-corrected chi connectivity index (χ0v) is 10.8. The monoisotopic (exact) mass is 268 g/mol. The van der Waals surface area contributed by atoms with E-state index in [9.17, 15) is 14.7 Å². The Hall–Kier alpha value is -1.10. The van der Waals surface area contributed by atoms with Crippen LogP contribution >= 0.6 is 0 Å². The van der Waals surface area contributed by atoms with Gasteiger partial charge in [-0.05, 0) is 61.7 Å². The molecule has 0 spiro atoms. The summed E-state index contributed by atoms with van der Waals surface area (Å²) in [5.74, 6) is -2.85. The Morgan fingerprint density at radius 3 is 1.58 bits per heavy atom. The molecule has 0 heterocycles. The van der Waals surface area contributed by atoms with Gasteiger partial charge in [0.2, 0.25) is 0 Å². The average molecular weight is 268 g/mol. The minimum absolute atomic E-state index is 0.462. The molecule has 0 amide bonds. The van der Waals surface area contributed by atoms with Crippen molar-refractivity contribution in [3.05, 3.63) is 0 Å². The summed E-state index contributed by atoms with van der Waals surface area (Å²) in [7, 11) is 0. The largest absolute Gasteiger partial charge is 0.481 e. The maximum absolute atomic E-state index is 11.1. The Labute approximate surface area is 111 Å². The van der Waals surface area contributed by atoms with Gasteiger partial charge in [-0.1, -0.05) is 0 Å². The molecule has 0 aromatic heterocycles. The molecule has 1 atom stereocenters. The van der Waals surface area contributed by atoms with E-state index in [2.05, 4.69) is 0 Å². The van der Waals surface area contributed by atoms with Gasteiger partial charge >= 0.3 is 11.9 Å². The summed E-state index contributed by atoms with van der Waals surface area (Å²) in [6.07, 6.45) is 4.69. The molecular formula is C14H20O5. The van der Waals surface area contributed by atoms with E-state index in [1.165, 1.54) is 19.3 Å². The second kappa shape index (κ2) is 4.20. The molecule has 4 rings (SSSR count). The van der Waals surface area contributed by atoms with Crippen molar-refractivity contribution in [2.75, 3.05) is 0 Å². The van der Waals surface area contributed by atoms with E-state index in [1.807, 2.05) is 0 Å². The first-order valence-corrected chi connectivity index (χ1v) is 7.05. The number of carboxylic acid groups (broad SMARTS) is 2. The molecule has 0 aliphatic heterocycles. The van der Waals surface area contributed by atoms with Crippen molar-refractivity contribution in [1.82, 2.24) is 0 Å². The molecule has 1 unspecified atom stereocenters. The first-order valence-electron chi connectivity index (χ1n) is 7.05. The van der Waals surface area contributed by atoms with Crippen LogP contribution in [0.5, 0.6) is 0 Å². The fourth-order valence-electron chi connectivity index (χ4n) is 5.27. The lowest BCUT2D eigenvalue weighted by Crippen LogP contribution is -2.56. The van der Waals surface area contributed by atoms with Crippen LogP contribution in [0.2, 0.25) is 0 Å². The number of aliphatic hydroxyl groups is 1. The summed E-state index contributed by atoms with van der Waals surface area (Å²) >= 11 is 0. The third kappa shape index (κ3) is 1.95. The maximum atomic E-state index is 11.1. The molecule has 5 nitrogen and oxygen atoms in total. The zero-order chi connectivity index (χ0) is 13.8. The van der Waals surface area contributed by atoms with Gasteiger partial charge in [0.25, 0.3) is 0 Å². The predicted octanol–water partition coefficient (Wildman–Crippen LogP) is 1.35. The number of hydrogen-bond acceptors (Lipinski definition) is 3. The van der Waals surface area contributed by atoms with Crippen molar-refractivity contribution in [2.24, 2.45) is 29.1 Å². The van der Waals surface area contributed by atoms with E-state index in [0.29, 0.717) is 17.8 Å². The van der Waals surface area contributed by atoms with Crippen LogP contribution in [0.15, 0.2) is 0 Å². The Balaban J connectivity index is 1.88. The molecule has 4 aliphatic carbocycles. The van der Waals surface area contributed by atoms with Gasteiger partial charge in [-0.2, -0.15) is 0 Å². The SMILES string of the molecule is O=C(O)C(C(=O)O)C(O)C12CC3CC(CC(C3)C1)C2. The smallest absolute Gasteiger partial charge is 0.320 e. The molecule has 19 heavy (non-hydrogen) atoms. The van der Waals surface area contributed by atoms with Crippen LogP contribution in [0, 0.1) is 29.1 Å². The van der Waals surface area contributed by atoms with Gasteiger partial charge in [-0.15, -0.1) is 0 Å². The van der Waals surface area contributed by atoms with Crippen molar-refractivity contribution >= 4 is 11.9 Å². The molecular weight excluding hydrogens is 248 g/mol. The van der Waals surface area contributed by atoms with Crippen molar-refractivity contribution in [3.8, 4) is 0 Å². The van der Waals surface area contributed by atoms with Gasteiger partial charge in [0, 0.05) is 0 Å². The molecule has 5 heteroatoms. The summed E-state index contributed by atoms with van der Waals surface area (Å²) < 4.78 is 0. The molecule has 4 fully saturated rings. The van der Waals surface area contributed by atoms with Crippen LogP contribution in [0.25, 0.3) is 0 Å². The first-order chi connectivity index (χ1) is 8.91. The van der Waals surface area contributed by atoms with Crippen molar-refractivity contribution < 1.29 is 24.9 Å². The molecule has 0 aromatic rings. The van der Waals surface area contributed by atoms with Crippen LogP contribution in [0.1, 0.15) is 38.5 Å². The van der Waals surface area contributed by atoms with E-state index < -0.39 is 29.4 Å². The third-order valence-electron chi connectivity index (χ3n) is 5.56. The van der Waals surface area contributed by atoms with E-state index in [0.717, 1.165) is 19.3 Å². The van der Waals surface area contributed by atoms with Gasteiger partial charge in [-0.25, -0.2) is 0 Å². The van der Waals surface area contributed by atoms with Crippen LogP contribution in [0.4, 0.5) is 0 Å². The summed E-state index contributed by atoms with van der Waals surface area (Å²) in [5.41, 5.74) is -0.462. The van der Waals surface area contributed by atoms with Gasteiger partial charge in [0.05, 0.1) is 6.10 Å². The van der Waals surface area contributed by atoms with E-state index in [-0.39, 0.29) is 0 Å². The minimum atomic E-state index is -1.68. The zero-order valence-electron chi connectivity index (χ0n) is 10.8. The summed E-state index contributed by atoms with van der Waals surface area (Å²) in [6, 6.07) is 0. The lowest BCUT2D eigenvalue weighted by Gasteiger charge is -2.58. The summed E-state index contributed by atoms with van der Waals surface area (Å²) in [5, 5.41) is 28.6. The van der Waals surface area contributed by atoms with Crippen molar-refractivity contribution in [1.29, 1.82) is 0 Å². The second-order valence-electron chi connectivity index (χ2n) is 6.88. The molecule has 0 aromatic carbocycles. The van der Waals surface area contributed by atoms with Crippen molar-refractivity contribution in [3.63, 3.8) is 0 Å². The lowest BCUT2D eigenvalue weighted by molar-refractivity contribution is -0.178. The fraction of sp³-hybridized carbons (Fsp3) is 0.857. The number of rotatable bonds is 4. The molecule has 4 aliphatic rings. The Bertz CT molecular complexity index is 367. The van der Waals surface area contributed by atoms with Gasteiger partial charge in [0.15, 0.2) is 5.92 Å². The predicted molar refractivity (Wildman–Crippen MR) is 65.4 cm³/mol. The second-order valence-corrected chi connectivity index (χ2v) is 6.88. The third-order valence-corrected chi connectivity index (χ3v) is 5.56. The molecule has 106 valence electrons. The number of carboxylic acids is 2. The highest BCUT2D eigenvalue weighted by atomic mass is 16.4. The number of carbonyl (C=O) groups is 2. The van der Waals surface area contributed by atoms with Crippen LogP contribution in [-0.4, -0.2) is 33.4 Å². The quantitative estimate of drug-likeness (QED) is 0.669. The van der Waals surface area contributed by atoms with Crippen molar-refractivity contribution in [2.45, 2.75) is 44.6 Å². The van der Waals surface area contributed by atoms with Crippen LogP contribution in [-0.2, 0) is 9.59 Å². The van der Waals surface area contributed by atoms with E-state index in [1.54, 1.807) is 0 Å². The highest BCUT2D eigenvalue weighted by Gasteiger charge is 2.57. The Kier molecular flexibility index (Phi) is 2.85. The minimum Gasteiger partial charge on any atom is -0.481 e. The van der Waals surface area contributed by atoms with Gasteiger partial charge < -0.3 is 15.3 Å². The maximum Gasteiger partial charge on any atom is 0.320 e. The number of aliphatic hydroxyl groups excluding tert-OH is 1. The Morgan fingerprint density at radius 1 is 0.895 bits per heavy atom. The van der Waals surface area contributed by atoms with E-state index in [4.69, 9.17) is 10.2 Å². The molecule has 0 radical (unpaired) electrons. The molecule has 0 saturated heterocycles. The van der Waals surface area contributed by atoms with Gasteiger partial charge in [0.1, 0.15) is 0 Å². The first kappa shape index (κ1) is 12.9. The standard InChI is InChI=1S/C14H20O5/c15-11(10(12(16)17)13(18)19)14-4-7-1-8(5-14)3-9(2-7)6-14/h7-11,15H,1-6H2,(H,16,17)(H,18,19). The highest BCUT2D eigenvalue weighted by molar-refractivity contribution is 5.93. The average Bonchev–Trinajstić information content (AvgIpc) is 2.25. The topological polar surface area (TPSA) is 94.8 Å². The number of hydrogen-bond donors (Lipinski definition) is 3. The fourth-order valence-corrected chi connectivity index (χ4v) is 5.27. The Morgan fingerprint density at radius 2 is 1.26 bits per heavy atom. The molecule has 3 N–H and O–H groups in total. The van der Waals surface area contributed by atoms with Crippen LogP contribution in [0.3, 0.4) is 0 Å². The lowest BCUT2D eigenvalue weighted by atomic mass is 9.47. The molecule has 4 saturated carbocycles.